The maximum atomic E-state index is 11.2. The van der Waals surface area contributed by atoms with E-state index in [1.807, 2.05) is 42.5 Å². The molecule has 1 N–H and O–H groups in total. The van der Waals surface area contributed by atoms with Crippen LogP contribution in [0.2, 0.25) is 0 Å². The molecule has 0 unspecified atom stereocenters. The third-order valence-electron chi connectivity index (χ3n) is 3.10. The molecule has 0 saturated heterocycles. The van der Waals surface area contributed by atoms with Crippen LogP contribution in [0, 0.1) is 6.92 Å². The van der Waals surface area contributed by atoms with Crippen LogP contribution in [-0.4, -0.2) is 16.3 Å². The molecule has 2 aromatic carbocycles. The number of rotatable bonds is 4. The number of imidazole rings is 1. The molecule has 0 atom stereocenters. The number of carbonyl (C=O) groups excluding carboxylic acids is 1. The Morgan fingerprint density at radius 1 is 1.05 bits per heavy atom. The van der Waals surface area contributed by atoms with Crippen molar-refractivity contribution in [2.75, 3.05) is 0 Å². The third-order valence-corrected chi connectivity index (χ3v) is 4.12. The van der Waals surface area contributed by atoms with Crippen molar-refractivity contribution in [3.05, 3.63) is 65.9 Å². The van der Waals surface area contributed by atoms with Gasteiger partial charge in [-0.1, -0.05) is 59.8 Å². The van der Waals surface area contributed by atoms with Gasteiger partial charge in [-0.05, 0) is 19.1 Å². The van der Waals surface area contributed by atoms with Gasteiger partial charge in [0.2, 0.25) is 0 Å². The minimum atomic E-state index is 0.444. The van der Waals surface area contributed by atoms with E-state index in [2.05, 4.69) is 29.0 Å². The van der Waals surface area contributed by atoms with E-state index in [0.717, 1.165) is 21.8 Å². The summed E-state index contributed by atoms with van der Waals surface area (Å²) in [6.07, 6.45) is 0.791. The number of nitrogens with one attached hydrogen (secondary N) is 1. The Bertz CT molecular complexity index is 748. The zero-order chi connectivity index (χ0) is 14.7. The summed E-state index contributed by atoms with van der Waals surface area (Å²) in [5.74, 6) is 0.715. The first-order chi connectivity index (χ1) is 10.3. The molecule has 3 aromatic rings. The van der Waals surface area contributed by atoms with Gasteiger partial charge in [-0.3, -0.25) is 4.79 Å². The van der Waals surface area contributed by atoms with Crippen LogP contribution in [-0.2, 0) is 0 Å². The molecule has 0 aliphatic carbocycles. The quantitative estimate of drug-likeness (QED) is 0.728. The number of hydrogen-bond acceptors (Lipinski definition) is 3. The largest absolute Gasteiger partial charge is 0.332 e. The van der Waals surface area contributed by atoms with E-state index in [4.69, 9.17) is 0 Å². The highest BCUT2D eigenvalue weighted by Gasteiger charge is 2.12. The van der Waals surface area contributed by atoms with Crippen LogP contribution in [0.1, 0.15) is 16.1 Å². The van der Waals surface area contributed by atoms with Crippen molar-refractivity contribution in [2.24, 2.45) is 0 Å². The monoisotopic (exact) mass is 294 g/mol. The molecular formula is C17H14N2OS. The summed E-state index contributed by atoms with van der Waals surface area (Å²) in [4.78, 5) is 19.9. The van der Waals surface area contributed by atoms with Crippen molar-refractivity contribution in [1.29, 1.82) is 0 Å². The summed E-state index contributed by atoms with van der Waals surface area (Å²) in [6.45, 7) is 2.05. The molecule has 0 aliphatic rings. The molecule has 3 nitrogen and oxygen atoms in total. The van der Waals surface area contributed by atoms with Crippen molar-refractivity contribution in [3.8, 4) is 11.4 Å². The fourth-order valence-corrected chi connectivity index (χ4v) is 2.84. The molecule has 3 rings (SSSR count). The first-order valence-corrected chi connectivity index (χ1v) is 7.43. The number of aryl methyl sites for hydroxylation is 1. The Kier molecular flexibility index (Phi) is 3.88. The van der Waals surface area contributed by atoms with Gasteiger partial charge in [0.15, 0.2) is 6.29 Å². The van der Waals surface area contributed by atoms with Crippen molar-refractivity contribution in [1.82, 2.24) is 9.97 Å². The van der Waals surface area contributed by atoms with Crippen LogP contribution in [0.15, 0.2) is 64.5 Å². The summed E-state index contributed by atoms with van der Waals surface area (Å²) in [5, 5.41) is 0.771. The minimum absolute atomic E-state index is 0.444. The summed E-state index contributed by atoms with van der Waals surface area (Å²) in [5.41, 5.74) is 2.63. The molecule has 21 heavy (non-hydrogen) atoms. The predicted molar refractivity (Wildman–Crippen MR) is 84.7 cm³/mol. The van der Waals surface area contributed by atoms with Gasteiger partial charge in [-0.15, -0.1) is 0 Å². The van der Waals surface area contributed by atoms with Gasteiger partial charge in [0.1, 0.15) is 16.5 Å². The lowest BCUT2D eigenvalue weighted by molar-refractivity contribution is 0.111. The highest BCUT2D eigenvalue weighted by Crippen LogP contribution is 2.30. The van der Waals surface area contributed by atoms with Gasteiger partial charge in [0.25, 0.3) is 0 Å². The highest BCUT2D eigenvalue weighted by molar-refractivity contribution is 7.99. The Balaban J connectivity index is 1.93. The second-order valence-electron chi connectivity index (χ2n) is 4.70. The Hall–Kier alpha value is -2.33. The average Bonchev–Trinajstić information content (AvgIpc) is 2.93. The summed E-state index contributed by atoms with van der Waals surface area (Å²) in [7, 11) is 0. The summed E-state index contributed by atoms with van der Waals surface area (Å²) >= 11 is 1.51. The fraction of sp³-hybridized carbons (Fsp3) is 0.0588. The lowest BCUT2D eigenvalue weighted by Gasteiger charge is -2.00. The topological polar surface area (TPSA) is 45.8 Å². The van der Waals surface area contributed by atoms with Crippen molar-refractivity contribution in [2.45, 2.75) is 16.8 Å². The zero-order valence-electron chi connectivity index (χ0n) is 11.5. The van der Waals surface area contributed by atoms with E-state index in [9.17, 15) is 4.79 Å². The fourth-order valence-electron chi connectivity index (χ4n) is 1.99. The van der Waals surface area contributed by atoms with E-state index in [0.29, 0.717) is 11.5 Å². The molecule has 0 bridgehead atoms. The third kappa shape index (κ3) is 3.06. The summed E-state index contributed by atoms with van der Waals surface area (Å²) in [6, 6.07) is 18.0. The van der Waals surface area contributed by atoms with Gasteiger partial charge in [0.05, 0.1) is 0 Å². The second kappa shape index (κ2) is 5.97. The lowest BCUT2D eigenvalue weighted by atomic mass is 10.2. The van der Waals surface area contributed by atoms with Crippen LogP contribution in [0.3, 0.4) is 0 Å². The number of H-pyrrole nitrogens is 1. The van der Waals surface area contributed by atoms with E-state index in [-0.39, 0.29) is 0 Å². The van der Waals surface area contributed by atoms with Crippen molar-refractivity contribution >= 4 is 18.0 Å². The molecule has 1 aromatic heterocycles. The first-order valence-electron chi connectivity index (χ1n) is 6.61. The SMILES string of the molecule is Cc1ccc(Sc2[nH]c(-c3ccccc3)nc2C=O)cc1. The highest BCUT2D eigenvalue weighted by atomic mass is 32.2. The van der Waals surface area contributed by atoms with Crippen LogP contribution in [0.25, 0.3) is 11.4 Å². The maximum Gasteiger partial charge on any atom is 0.171 e. The van der Waals surface area contributed by atoms with Gasteiger partial charge < -0.3 is 4.98 Å². The molecule has 1 heterocycles. The van der Waals surface area contributed by atoms with Gasteiger partial charge in [-0.2, -0.15) is 0 Å². The van der Waals surface area contributed by atoms with E-state index < -0.39 is 0 Å². The molecule has 4 heteroatoms. The number of benzene rings is 2. The number of aldehydes is 1. The Morgan fingerprint density at radius 2 is 1.76 bits per heavy atom. The molecule has 0 saturated carbocycles. The first kappa shape index (κ1) is 13.6. The second-order valence-corrected chi connectivity index (χ2v) is 5.78. The standard InChI is InChI=1S/C17H14N2OS/c1-12-7-9-14(10-8-12)21-17-15(11-20)18-16(19-17)13-5-3-2-4-6-13/h2-11H,1H3,(H,18,19). The van der Waals surface area contributed by atoms with Crippen molar-refractivity contribution in [3.63, 3.8) is 0 Å². The number of aromatic nitrogens is 2. The Morgan fingerprint density at radius 3 is 2.43 bits per heavy atom. The van der Waals surface area contributed by atoms with Crippen LogP contribution >= 0.6 is 11.8 Å². The molecule has 0 fully saturated rings. The molecule has 0 spiro atoms. The minimum Gasteiger partial charge on any atom is -0.332 e. The average molecular weight is 294 g/mol. The van der Waals surface area contributed by atoms with Crippen LogP contribution in [0.5, 0.6) is 0 Å². The molecule has 0 aliphatic heterocycles. The summed E-state index contributed by atoms with van der Waals surface area (Å²) < 4.78 is 0. The van der Waals surface area contributed by atoms with Gasteiger partial charge in [-0.25, -0.2) is 4.98 Å². The predicted octanol–water partition coefficient (Wildman–Crippen LogP) is 4.35. The molecule has 0 radical (unpaired) electrons. The molecule has 104 valence electrons. The molecule has 0 amide bonds. The van der Waals surface area contributed by atoms with Gasteiger partial charge in [0, 0.05) is 10.5 Å². The van der Waals surface area contributed by atoms with E-state index >= 15 is 0 Å². The number of nitrogens with zero attached hydrogens (tertiary/aromatic N) is 1. The van der Waals surface area contributed by atoms with Crippen molar-refractivity contribution < 1.29 is 4.79 Å². The lowest BCUT2D eigenvalue weighted by Crippen LogP contribution is -1.83. The van der Waals surface area contributed by atoms with E-state index in [1.165, 1.54) is 17.3 Å². The van der Waals surface area contributed by atoms with Gasteiger partial charge >= 0.3 is 0 Å². The van der Waals surface area contributed by atoms with Crippen LogP contribution in [0.4, 0.5) is 0 Å². The number of hydrogen-bond donors (Lipinski definition) is 1. The van der Waals surface area contributed by atoms with E-state index in [1.54, 1.807) is 0 Å². The Labute approximate surface area is 127 Å². The number of carbonyl (C=O) groups is 1. The smallest absolute Gasteiger partial charge is 0.171 e. The normalized spacial score (nSPS) is 10.5. The maximum absolute atomic E-state index is 11.2. The molecular weight excluding hydrogens is 280 g/mol. The van der Waals surface area contributed by atoms with Crippen LogP contribution < -0.4 is 0 Å². The number of aromatic amines is 1. The zero-order valence-corrected chi connectivity index (χ0v) is 12.4.